The van der Waals surface area contributed by atoms with Gasteiger partial charge in [-0.1, -0.05) is 19.9 Å². The molecule has 11 heavy (non-hydrogen) atoms. The first-order chi connectivity index (χ1) is 5.35. The Kier molecular flexibility index (Phi) is 7.23. The molecule has 1 N–H and O–H groups in total. The maximum atomic E-state index is 8.57. The lowest BCUT2D eigenvalue weighted by Gasteiger charge is -2.01. The third-order valence-corrected chi connectivity index (χ3v) is 1.72. The molecule has 1 heteroatoms. The van der Waals surface area contributed by atoms with Gasteiger partial charge >= 0.3 is 0 Å². The Bertz CT molecular complexity index is 122. The van der Waals surface area contributed by atoms with Crippen molar-refractivity contribution in [2.45, 2.75) is 39.0 Å². The monoisotopic (exact) mass is 154 g/mol. The fourth-order valence-corrected chi connectivity index (χ4v) is 0.984. The lowest BCUT2D eigenvalue weighted by molar-refractivity contribution is 0.288. The van der Waals surface area contributed by atoms with Crippen LogP contribution in [0.5, 0.6) is 0 Å². The van der Waals surface area contributed by atoms with Crippen molar-refractivity contribution in [2.24, 2.45) is 0 Å². The second-order valence-corrected chi connectivity index (χ2v) is 2.71. The molecule has 1 nitrogen and oxygen atoms in total. The van der Waals surface area contributed by atoms with Gasteiger partial charge in [0.2, 0.25) is 0 Å². The molecular weight excluding hydrogens is 136 g/mol. The van der Waals surface area contributed by atoms with E-state index in [1.54, 1.807) is 0 Å². The summed E-state index contributed by atoms with van der Waals surface area (Å²) in [7, 11) is 0. The molecule has 0 unspecified atom stereocenters. The fraction of sp³-hybridized carbons (Fsp3) is 0.700. The molecule has 0 atom stereocenters. The molecule has 0 aliphatic rings. The van der Waals surface area contributed by atoms with Gasteiger partial charge in [0.15, 0.2) is 0 Å². The molecule has 0 aromatic heterocycles. The van der Waals surface area contributed by atoms with Crippen molar-refractivity contribution < 1.29 is 5.11 Å². The maximum Gasteiger partial charge on any atom is 0.0434 e. The third-order valence-electron chi connectivity index (χ3n) is 1.72. The van der Waals surface area contributed by atoms with E-state index in [1.165, 1.54) is 18.4 Å². The molecule has 0 heterocycles. The normalized spacial score (nSPS) is 9.27. The fourth-order valence-electron chi connectivity index (χ4n) is 0.984. The van der Waals surface area contributed by atoms with E-state index in [0.717, 1.165) is 19.3 Å². The van der Waals surface area contributed by atoms with Gasteiger partial charge in [0.05, 0.1) is 0 Å². The van der Waals surface area contributed by atoms with Gasteiger partial charge in [0.1, 0.15) is 0 Å². The second kappa shape index (κ2) is 7.59. The first-order valence-corrected chi connectivity index (χ1v) is 4.33. The average Bonchev–Trinajstić information content (AvgIpc) is 2.05. The van der Waals surface area contributed by atoms with E-state index in [2.05, 4.69) is 19.2 Å². The van der Waals surface area contributed by atoms with E-state index in [-0.39, 0.29) is 6.61 Å². The first kappa shape index (κ1) is 10.5. The van der Waals surface area contributed by atoms with Crippen molar-refractivity contribution in [3.63, 3.8) is 0 Å². The lowest BCUT2D eigenvalue weighted by atomic mass is 10.1. The largest absolute Gasteiger partial charge is 0.396 e. The van der Waals surface area contributed by atoms with Crippen molar-refractivity contribution in [1.29, 1.82) is 0 Å². The Morgan fingerprint density at radius 2 is 2.00 bits per heavy atom. The van der Waals surface area contributed by atoms with Crippen LogP contribution in [0.1, 0.15) is 39.0 Å². The highest BCUT2D eigenvalue weighted by Gasteiger charge is 1.94. The highest BCUT2D eigenvalue weighted by molar-refractivity contribution is 4.98. The number of aliphatic hydroxyl groups excluding tert-OH is 1. The van der Waals surface area contributed by atoms with E-state index in [0.29, 0.717) is 0 Å². The molecule has 0 aromatic carbocycles. The number of aliphatic hydroxyl groups is 1. The number of allylic oxidation sites excluding steroid dienone is 1. The quantitative estimate of drug-likeness (QED) is 0.583. The van der Waals surface area contributed by atoms with Gasteiger partial charge < -0.3 is 5.11 Å². The minimum Gasteiger partial charge on any atom is -0.396 e. The smallest absolute Gasteiger partial charge is 0.0434 e. The van der Waals surface area contributed by atoms with Crippen molar-refractivity contribution in [3.8, 4) is 0 Å². The van der Waals surface area contributed by atoms with Crippen LogP contribution in [-0.2, 0) is 0 Å². The second-order valence-electron chi connectivity index (χ2n) is 2.71. The summed E-state index contributed by atoms with van der Waals surface area (Å²) in [6.45, 7) is 6.07. The molecule has 0 radical (unpaired) electrons. The van der Waals surface area contributed by atoms with E-state index in [1.807, 2.05) is 0 Å². The summed E-state index contributed by atoms with van der Waals surface area (Å²) in [5, 5.41) is 8.57. The van der Waals surface area contributed by atoms with Crippen LogP contribution in [0.2, 0.25) is 0 Å². The van der Waals surface area contributed by atoms with E-state index in [9.17, 15) is 0 Å². The van der Waals surface area contributed by atoms with Crippen LogP contribution in [0.3, 0.4) is 0 Å². The zero-order chi connectivity index (χ0) is 8.53. The predicted molar refractivity (Wildman–Crippen MR) is 48.5 cm³/mol. The summed E-state index contributed by atoms with van der Waals surface area (Å²) in [5.41, 5.74) is 4.19. The summed E-state index contributed by atoms with van der Waals surface area (Å²) < 4.78 is 0. The maximum absolute atomic E-state index is 8.57. The Morgan fingerprint density at radius 1 is 1.36 bits per heavy atom. The zero-order valence-corrected chi connectivity index (χ0v) is 7.40. The Labute approximate surface area is 69.4 Å². The van der Waals surface area contributed by atoms with Crippen molar-refractivity contribution in [3.05, 3.63) is 17.9 Å². The van der Waals surface area contributed by atoms with Crippen LogP contribution in [-0.4, -0.2) is 11.7 Å². The van der Waals surface area contributed by atoms with Gasteiger partial charge in [-0.3, -0.25) is 0 Å². The van der Waals surface area contributed by atoms with Crippen LogP contribution in [0.25, 0.3) is 0 Å². The molecule has 0 rings (SSSR count). The molecule has 64 valence electrons. The summed E-state index contributed by atoms with van der Waals surface area (Å²) in [6, 6.07) is 0. The van der Waals surface area contributed by atoms with Gasteiger partial charge in [-0.05, 0) is 31.3 Å². The number of hydrogen-bond acceptors (Lipinski definition) is 1. The minimum absolute atomic E-state index is 0.275. The summed E-state index contributed by atoms with van der Waals surface area (Å²) in [4.78, 5) is 0. The highest BCUT2D eigenvalue weighted by Crippen LogP contribution is 2.11. The molecule has 0 aliphatic heterocycles. The van der Waals surface area contributed by atoms with Crippen LogP contribution in [0, 0.1) is 0 Å². The molecular formula is C10H18O. The first-order valence-electron chi connectivity index (χ1n) is 4.33. The summed E-state index contributed by atoms with van der Waals surface area (Å²) >= 11 is 0. The number of hydrogen-bond donors (Lipinski definition) is 1. The van der Waals surface area contributed by atoms with Crippen LogP contribution in [0.15, 0.2) is 17.9 Å². The topological polar surface area (TPSA) is 20.2 Å². The SMILES string of the molecule is C=C=C(CCCC)CCCO. The average molecular weight is 154 g/mol. The molecule has 0 saturated heterocycles. The lowest BCUT2D eigenvalue weighted by Crippen LogP contribution is -1.87. The Hall–Kier alpha value is -0.520. The van der Waals surface area contributed by atoms with Gasteiger partial charge in [-0.15, -0.1) is 5.73 Å². The number of rotatable bonds is 6. The molecule has 0 saturated carbocycles. The van der Waals surface area contributed by atoms with Crippen LogP contribution < -0.4 is 0 Å². The third kappa shape index (κ3) is 5.90. The number of unbranched alkanes of at least 4 members (excludes halogenated alkanes) is 1. The standard InChI is InChI=1S/C10H18O/c1-3-5-7-10(4-2)8-6-9-11/h11H,2-3,5-9H2,1H3. The highest BCUT2D eigenvalue weighted by atomic mass is 16.2. The Balaban J connectivity index is 3.52. The van der Waals surface area contributed by atoms with Gasteiger partial charge in [-0.2, -0.15) is 0 Å². The van der Waals surface area contributed by atoms with Gasteiger partial charge in [0.25, 0.3) is 0 Å². The van der Waals surface area contributed by atoms with Gasteiger partial charge in [0, 0.05) is 6.61 Å². The summed E-state index contributed by atoms with van der Waals surface area (Å²) in [6.07, 6.45) is 5.33. The molecule has 0 spiro atoms. The molecule has 0 bridgehead atoms. The molecule has 0 amide bonds. The van der Waals surface area contributed by atoms with Crippen molar-refractivity contribution >= 4 is 0 Å². The van der Waals surface area contributed by atoms with E-state index < -0.39 is 0 Å². The molecule has 0 aliphatic carbocycles. The molecule has 0 fully saturated rings. The van der Waals surface area contributed by atoms with Gasteiger partial charge in [-0.25, -0.2) is 0 Å². The molecule has 0 aromatic rings. The van der Waals surface area contributed by atoms with E-state index in [4.69, 9.17) is 5.11 Å². The van der Waals surface area contributed by atoms with Crippen molar-refractivity contribution in [1.82, 2.24) is 0 Å². The van der Waals surface area contributed by atoms with Crippen molar-refractivity contribution in [2.75, 3.05) is 6.61 Å². The van der Waals surface area contributed by atoms with Crippen LogP contribution >= 0.6 is 0 Å². The van der Waals surface area contributed by atoms with E-state index >= 15 is 0 Å². The Morgan fingerprint density at radius 3 is 2.45 bits per heavy atom. The zero-order valence-electron chi connectivity index (χ0n) is 7.40. The summed E-state index contributed by atoms with van der Waals surface area (Å²) in [5.74, 6) is 0. The van der Waals surface area contributed by atoms with Crippen LogP contribution in [0.4, 0.5) is 0 Å². The minimum atomic E-state index is 0.275. The predicted octanol–water partition coefficient (Wildman–Crippen LogP) is 2.66.